The van der Waals surface area contributed by atoms with Gasteiger partial charge in [-0.1, -0.05) is 41.9 Å². The molecule has 1 N–H and O–H groups in total. The molecule has 2 aliphatic rings. The van der Waals surface area contributed by atoms with E-state index in [2.05, 4.69) is 28.2 Å². The van der Waals surface area contributed by atoms with Gasteiger partial charge in [-0.05, 0) is 36.9 Å². The Kier molecular flexibility index (Phi) is 5.56. The Bertz CT molecular complexity index is 950. The summed E-state index contributed by atoms with van der Waals surface area (Å²) in [6.07, 6.45) is 1.77. The van der Waals surface area contributed by atoms with E-state index < -0.39 is 6.03 Å². The van der Waals surface area contributed by atoms with E-state index >= 15 is 0 Å². The van der Waals surface area contributed by atoms with Crippen molar-refractivity contribution in [3.8, 4) is 0 Å². The highest BCUT2D eigenvalue weighted by Gasteiger charge is 2.33. The van der Waals surface area contributed by atoms with Crippen LogP contribution in [0.1, 0.15) is 11.1 Å². The third-order valence-corrected chi connectivity index (χ3v) is 5.55. The lowest BCUT2D eigenvalue weighted by Crippen LogP contribution is -2.44. The number of hydrogen-bond acceptors (Lipinski definition) is 4. The van der Waals surface area contributed by atoms with Crippen molar-refractivity contribution in [2.24, 2.45) is 0 Å². The van der Waals surface area contributed by atoms with Crippen LogP contribution in [0.25, 0.3) is 6.08 Å². The van der Waals surface area contributed by atoms with Gasteiger partial charge in [-0.15, -0.1) is 0 Å². The summed E-state index contributed by atoms with van der Waals surface area (Å²) in [5.41, 5.74) is 3.14. The maximum absolute atomic E-state index is 12.9. The van der Waals surface area contributed by atoms with E-state index in [9.17, 15) is 9.59 Å². The Labute approximate surface area is 175 Å². The minimum atomic E-state index is -0.409. The molecule has 2 aromatic carbocycles. The van der Waals surface area contributed by atoms with Crippen molar-refractivity contribution in [3.05, 3.63) is 70.4 Å². The maximum Gasteiger partial charge on any atom is 0.329 e. The largest absolute Gasteiger partial charge is 0.368 e. The summed E-state index contributed by atoms with van der Waals surface area (Å²) >= 11 is 5.91. The smallest absolute Gasteiger partial charge is 0.329 e. The number of para-hydroxylation sites is 1. The lowest BCUT2D eigenvalue weighted by atomic mass is 10.1. The average molecular weight is 411 g/mol. The lowest BCUT2D eigenvalue weighted by molar-refractivity contribution is -0.123. The Hall–Kier alpha value is -2.83. The molecule has 150 valence electrons. The summed E-state index contributed by atoms with van der Waals surface area (Å²) in [7, 11) is 2.12. The normalized spacial score (nSPS) is 19.2. The van der Waals surface area contributed by atoms with Gasteiger partial charge in [0, 0.05) is 42.5 Å². The highest BCUT2D eigenvalue weighted by Crippen LogP contribution is 2.25. The molecule has 2 heterocycles. The number of carbonyl (C=O) groups is 2. The fourth-order valence-electron chi connectivity index (χ4n) is 3.59. The number of halogens is 1. The van der Waals surface area contributed by atoms with Crippen LogP contribution < -0.4 is 10.2 Å². The zero-order valence-corrected chi connectivity index (χ0v) is 17.0. The van der Waals surface area contributed by atoms with E-state index in [1.54, 1.807) is 18.2 Å². The summed E-state index contributed by atoms with van der Waals surface area (Å²) in [6.45, 7) is 4.06. The molecule has 0 bridgehead atoms. The first-order chi connectivity index (χ1) is 14.0. The third-order valence-electron chi connectivity index (χ3n) is 5.30. The molecule has 3 amide bonds. The van der Waals surface area contributed by atoms with Crippen molar-refractivity contribution >= 4 is 35.3 Å². The number of imide groups is 1. The van der Waals surface area contributed by atoms with Crippen LogP contribution in [0, 0.1) is 0 Å². The third kappa shape index (κ3) is 4.28. The molecule has 4 rings (SSSR count). The number of rotatable bonds is 4. The predicted molar refractivity (Wildman–Crippen MR) is 115 cm³/mol. The van der Waals surface area contributed by atoms with Gasteiger partial charge in [0.1, 0.15) is 5.70 Å². The Morgan fingerprint density at radius 1 is 1.00 bits per heavy atom. The van der Waals surface area contributed by atoms with Gasteiger partial charge in [-0.3, -0.25) is 9.69 Å². The van der Waals surface area contributed by atoms with Gasteiger partial charge in [0.2, 0.25) is 0 Å². The number of amides is 3. The Balaban J connectivity index is 1.55. The molecular weight excluding hydrogens is 388 g/mol. The number of hydrogen-bond donors (Lipinski definition) is 1. The first-order valence-electron chi connectivity index (χ1n) is 9.63. The second kappa shape index (κ2) is 8.27. The number of carbonyl (C=O) groups excluding carboxylic acids is 2. The highest BCUT2D eigenvalue weighted by atomic mass is 35.5. The second-order valence-electron chi connectivity index (χ2n) is 7.36. The minimum Gasteiger partial charge on any atom is -0.368 e. The molecule has 2 aliphatic heterocycles. The fourth-order valence-corrected chi connectivity index (χ4v) is 3.71. The van der Waals surface area contributed by atoms with Crippen LogP contribution in [-0.2, 0) is 11.3 Å². The van der Waals surface area contributed by atoms with E-state index in [0.29, 0.717) is 10.7 Å². The molecule has 2 aromatic rings. The van der Waals surface area contributed by atoms with E-state index in [1.165, 1.54) is 4.90 Å². The van der Waals surface area contributed by atoms with E-state index in [-0.39, 0.29) is 12.5 Å². The van der Waals surface area contributed by atoms with Gasteiger partial charge in [0.25, 0.3) is 5.91 Å². The van der Waals surface area contributed by atoms with Gasteiger partial charge in [0.05, 0.1) is 6.54 Å². The van der Waals surface area contributed by atoms with E-state index in [1.807, 2.05) is 30.3 Å². The molecule has 0 unspecified atom stereocenters. The number of nitrogens with zero attached hydrogens (tertiary/aromatic N) is 3. The molecule has 29 heavy (non-hydrogen) atoms. The van der Waals surface area contributed by atoms with Gasteiger partial charge < -0.3 is 15.1 Å². The number of benzene rings is 2. The van der Waals surface area contributed by atoms with Crippen molar-refractivity contribution in [1.82, 2.24) is 15.1 Å². The van der Waals surface area contributed by atoms with Crippen molar-refractivity contribution in [3.63, 3.8) is 0 Å². The molecule has 0 aliphatic carbocycles. The summed E-state index contributed by atoms with van der Waals surface area (Å²) in [4.78, 5) is 31.1. The van der Waals surface area contributed by atoms with Crippen LogP contribution >= 0.6 is 11.6 Å². The Morgan fingerprint density at radius 3 is 2.41 bits per heavy atom. The quantitative estimate of drug-likeness (QED) is 0.621. The van der Waals surface area contributed by atoms with Gasteiger partial charge >= 0.3 is 6.03 Å². The van der Waals surface area contributed by atoms with Gasteiger partial charge in [0.15, 0.2) is 0 Å². The molecule has 2 fully saturated rings. The number of likely N-dealkylation sites (N-methyl/N-ethyl adjacent to an activating group) is 1. The average Bonchev–Trinajstić information content (AvgIpc) is 2.98. The van der Waals surface area contributed by atoms with Gasteiger partial charge in [-0.25, -0.2) is 4.79 Å². The van der Waals surface area contributed by atoms with E-state index in [0.717, 1.165) is 43.0 Å². The summed E-state index contributed by atoms with van der Waals surface area (Å²) in [5.74, 6) is -0.321. The first kappa shape index (κ1) is 19.5. The first-order valence-corrected chi connectivity index (χ1v) is 10.0. The molecule has 6 nitrogen and oxygen atoms in total. The number of anilines is 1. The van der Waals surface area contributed by atoms with Crippen molar-refractivity contribution < 1.29 is 9.59 Å². The topological polar surface area (TPSA) is 55.9 Å². The maximum atomic E-state index is 12.9. The molecule has 2 saturated heterocycles. The molecule has 0 spiro atoms. The summed E-state index contributed by atoms with van der Waals surface area (Å²) in [5, 5.41) is 3.33. The zero-order valence-electron chi connectivity index (χ0n) is 16.3. The number of nitrogens with one attached hydrogen (secondary N) is 1. The fraction of sp³-hybridized carbons (Fsp3) is 0.273. The summed E-state index contributed by atoms with van der Waals surface area (Å²) < 4.78 is 0. The summed E-state index contributed by atoms with van der Waals surface area (Å²) in [6, 6.07) is 14.7. The standard InChI is InChI=1S/C22H23ClN4O2/c1-25-10-12-26(13-11-25)20-5-3-2-4-17(20)14-19-21(28)27(22(29)24-19)15-16-6-8-18(23)9-7-16/h2-9,14H,10-13,15H2,1H3,(H,24,29). The van der Waals surface area contributed by atoms with Crippen LogP contribution in [0.15, 0.2) is 54.2 Å². The van der Waals surface area contributed by atoms with Crippen LogP contribution in [0.4, 0.5) is 10.5 Å². The number of urea groups is 1. The molecule has 7 heteroatoms. The number of piperazine rings is 1. The van der Waals surface area contributed by atoms with Crippen LogP contribution in [0.2, 0.25) is 5.02 Å². The zero-order chi connectivity index (χ0) is 20.4. The molecule has 0 atom stereocenters. The SMILES string of the molecule is CN1CCN(c2ccccc2C=C2NC(=O)N(Cc3ccc(Cl)cc3)C2=O)CC1. The van der Waals surface area contributed by atoms with Crippen molar-refractivity contribution in [2.75, 3.05) is 38.1 Å². The van der Waals surface area contributed by atoms with E-state index in [4.69, 9.17) is 11.6 Å². The molecular formula is C22H23ClN4O2. The van der Waals surface area contributed by atoms with Crippen LogP contribution in [0.5, 0.6) is 0 Å². The predicted octanol–water partition coefficient (Wildman–Crippen LogP) is 3.18. The van der Waals surface area contributed by atoms with Crippen LogP contribution in [0.3, 0.4) is 0 Å². The second-order valence-corrected chi connectivity index (χ2v) is 7.79. The molecule has 0 aromatic heterocycles. The Morgan fingerprint density at radius 2 is 1.69 bits per heavy atom. The van der Waals surface area contributed by atoms with Crippen molar-refractivity contribution in [1.29, 1.82) is 0 Å². The molecule has 0 radical (unpaired) electrons. The lowest BCUT2D eigenvalue weighted by Gasteiger charge is -2.34. The van der Waals surface area contributed by atoms with Crippen molar-refractivity contribution in [2.45, 2.75) is 6.54 Å². The van der Waals surface area contributed by atoms with Gasteiger partial charge in [-0.2, -0.15) is 0 Å². The highest BCUT2D eigenvalue weighted by molar-refractivity contribution is 6.30. The van der Waals surface area contributed by atoms with Crippen LogP contribution in [-0.4, -0.2) is 55.0 Å². The minimum absolute atomic E-state index is 0.208. The monoisotopic (exact) mass is 410 g/mol. The molecule has 0 saturated carbocycles.